The first-order chi connectivity index (χ1) is 37.7. The lowest BCUT2D eigenvalue weighted by Gasteiger charge is -2.19. The smallest absolute Gasteiger partial charge is 0.326 e. The van der Waals surface area contributed by atoms with Crippen LogP contribution in [0.2, 0.25) is 0 Å². The molecule has 2 atom stereocenters. The summed E-state index contributed by atoms with van der Waals surface area (Å²) in [5.41, 5.74) is -0.932. The third-order valence-electron chi connectivity index (χ3n) is 11.0. The lowest BCUT2D eigenvalue weighted by molar-refractivity contribution is -0.394. The lowest BCUT2D eigenvalue weighted by atomic mass is 10.0. The van der Waals surface area contributed by atoms with Crippen LogP contribution in [-0.2, 0) is 66.9 Å². The highest BCUT2D eigenvalue weighted by Gasteiger charge is 2.26. The molecule has 2 aromatic carbocycles. The highest BCUT2D eigenvalue weighted by molar-refractivity contribution is 5.85. The molecule has 0 aliphatic carbocycles. The van der Waals surface area contributed by atoms with Gasteiger partial charge in [-0.3, -0.25) is 49.9 Å². The number of hydrogen-bond acceptors (Lipinski definition) is 22. The summed E-state index contributed by atoms with van der Waals surface area (Å²) >= 11 is 0. The van der Waals surface area contributed by atoms with Crippen LogP contribution in [0.1, 0.15) is 56.7 Å². The molecule has 434 valence electrons. The Morgan fingerprint density at radius 2 is 1.10 bits per heavy atom. The SMILES string of the molecule is CCC[C@H](NC(=O)NCCn1cc(CCOCCOCCOCCOCCOCCOCCOCCOCCNC(=O)C(CCCCCc2ccc([N+](=O)[O-])cc2[N+](=O)[O-])Nc2ccc([N+](=O)[O-])cc2[N+](=O)[O-])nn1)C(=O)O. The summed E-state index contributed by atoms with van der Waals surface area (Å²) in [5.74, 6) is -1.59. The van der Waals surface area contributed by atoms with Crippen molar-refractivity contribution in [1.82, 2.24) is 30.9 Å². The number of carbonyl (C=O) groups excluding carboxylic acids is 2. The van der Waals surface area contributed by atoms with E-state index >= 15 is 0 Å². The summed E-state index contributed by atoms with van der Waals surface area (Å²) in [6.07, 6.45) is 5.00. The van der Waals surface area contributed by atoms with Crippen molar-refractivity contribution < 1.29 is 77.1 Å². The number of amides is 3. The number of aromatic nitrogens is 3. The van der Waals surface area contributed by atoms with Crippen LogP contribution >= 0.6 is 0 Å². The van der Waals surface area contributed by atoms with Crippen LogP contribution in [0.5, 0.6) is 0 Å². The number of nitrogens with one attached hydrogen (secondary N) is 4. The van der Waals surface area contributed by atoms with E-state index in [0.717, 1.165) is 30.0 Å². The molecule has 3 aromatic rings. The molecule has 0 spiro atoms. The van der Waals surface area contributed by atoms with Gasteiger partial charge in [0.1, 0.15) is 17.8 Å². The number of carboxylic acid groups (broad SMARTS) is 1. The number of nitro benzene ring substituents is 4. The molecule has 0 fully saturated rings. The number of aryl methyl sites for hydroxylation is 1. The number of hydrogen-bond donors (Lipinski definition) is 5. The number of nitrogens with zero attached hydrogens (tertiary/aromatic N) is 7. The Labute approximate surface area is 448 Å². The standard InChI is InChI=1S/C47H71N11O20/c1-2-6-42(46(60)61)51-47(62)49-14-16-54-35-37(52-53-54)13-17-71-19-21-73-23-25-75-27-29-77-31-32-78-30-28-76-26-24-74-22-20-72-18-15-48-45(59)41(50-40-12-11-39(56(65)66)34-44(40)58(69)70)8-5-3-4-7-36-9-10-38(55(63)64)33-43(36)57(67)68/h9-12,33-35,41-42,50H,2-8,13-32H2,1H3,(H,48,59)(H,60,61)(H2,49,51,62)/t41?,42-/m0/s1. The first-order valence-corrected chi connectivity index (χ1v) is 25.4. The van der Waals surface area contributed by atoms with E-state index < -0.39 is 66.7 Å². The molecule has 0 aliphatic heterocycles. The molecule has 5 N–H and O–H groups in total. The number of ether oxygens (including phenoxy) is 8. The second kappa shape index (κ2) is 39.3. The number of benzene rings is 2. The van der Waals surface area contributed by atoms with Crippen LogP contribution in [0.3, 0.4) is 0 Å². The van der Waals surface area contributed by atoms with Gasteiger partial charge in [0, 0.05) is 43.4 Å². The van der Waals surface area contributed by atoms with Crippen molar-refractivity contribution in [3.05, 3.63) is 94.3 Å². The zero-order valence-electron chi connectivity index (χ0n) is 43.6. The maximum atomic E-state index is 13.3. The van der Waals surface area contributed by atoms with Gasteiger partial charge in [-0.25, -0.2) is 9.59 Å². The zero-order chi connectivity index (χ0) is 56.8. The minimum atomic E-state index is -1.07. The van der Waals surface area contributed by atoms with Crippen molar-refractivity contribution in [2.75, 3.05) is 124 Å². The second-order valence-electron chi connectivity index (χ2n) is 16.8. The van der Waals surface area contributed by atoms with Gasteiger partial charge in [0.15, 0.2) is 0 Å². The van der Waals surface area contributed by atoms with Crippen molar-refractivity contribution in [3.63, 3.8) is 0 Å². The molecule has 0 saturated heterocycles. The van der Waals surface area contributed by atoms with Gasteiger partial charge in [0.25, 0.3) is 22.7 Å². The van der Waals surface area contributed by atoms with E-state index in [9.17, 15) is 54.8 Å². The lowest BCUT2D eigenvalue weighted by Crippen LogP contribution is -2.46. The highest BCUT2D eigenvalue weighted by atomic mass is 16.6. The van der Waals surface area contributed by atoms with Gasteiger partial charge in [-0.2, -0.15) is 0 Å². The van der Waals surface area contributed by atoms with E-state index in [1.165, 1.54) is 12.1 Å². The molecule has 0 aliphatic rings. The summed E-state index contributed by atoms with van der Waals surface area (Å²) in [6.45, 7) is 8.16. The molecule has 1 heterocycles. The fraction of sp³-hybridized carbons (Fsp3) is 0.638. The van der Waals surface area contributed by atoms with Gasteiger partial charge in [0.2, 0.25) is 5.91 Å². The summed E-state index contributed by atoms with van der Waals surface area (Å²) in [7, 11) is 0. The summed E-state index contributed by atoms with van der Waals surface area (Å²) in [5, 5.41) is 73.5. The maximum Gasteiger partial charge on any atom is 0.326 e. The molecule has 0 saturated carbocycles. The number of anilines is 1. The number of urea groups is 1. The molecule has 31 nitrogen and oxygen atoms in total. The summed E-state index contributed by atoms with van der Waals surface area (Å²) < 4.78 is 45.7. The van der Waals surface area contributed by atoms with E-state index in [1.807, 2.05) is 6.92 Å². The first-order valence-electron chi connectivity index (χ1n) is 25.4. The fourth-order valence-electron chi connectivity index (χ4n) is 7.04. The van der Waals surface area contributed by atoms with E-state index in [4.69, 9.17) is 43.0 Å². The van der Waals surface area contributed by atoms with Crippen molar-refractivity contribution in [1.29, 1.82) is 0 Å². The number of aliphatic carboxylic acids is 1. The molecule has 1 unspecified atom stereocenters. The van der Waals surface area contributed by atoms with Gasteiger partial charge in [-0.15, -0.1) is 5.10 Å². The van der Waals surface area contributed by atoms with Crippen molar-refractivity contribution >= 4 is 46.3 Å². The minimum Gasteiger partial charge on any atom is -0.480 e. The molecule has 3 rings (SSSR count). The van der Waals surface area contributed by atoms with Gasteiger partial charge >= 0.3 is 12.0 Å². The molecule has 3 amide bonds. The van der Waals surface area contributed by atoms with Crippen LogP contribution < -0.4 is 21.3 Å². The number of unbranched alkanes of at least 4 members (excludes halogenated alkanes) is 2. The van der Waals surface area contributed by atoms with Gasteiger partial charge in [-0.1, -0.05) is 31.4 Å². The largest absolute Gasteiger partial charge is 0.480 e. The van der Waals surface area contributed by atoms with Crippen molar-refractivity contribution in [3.8, 4) is 0 Å². The molecule has 78 heavy (non-hydrogen) atoms. The minimum absolute atomic E-state index is 0.0886. The third kappa shape index (κ3) is 27.8. The monoisotopic (exact) mass is 1110 g/mol. The van der Waals surface area contributed by atoms with Gasteiger partial charge < -0.3 is 64.3 Å². The topological polar surface area (TPSA) is 397 Å². The average molecular weight is 1110 g/mol. The van der Waals surface area contributed by atoms with Gasteiger partial charge in [-0.05, 0) is 37.8 Å². The Balaban J connectivity index is 1.13. The van der Waals surface area contributed by atoms with E-state index in [1.54, 1.807) is 10.9 Å². The van der Waals surface area contributed by atoms with Crippen LogP contribution in [0.4, 0.5) is 33.2 Å². The average Bonchev–Trinajstić information content (AvgIpc) is 3.88. The quantitative estimate of drug-likeness (QED) is 0.0307. The molecule has 31 heteroatoms. The number of carbonyl (C=O) groups is 3. The number of carboxylic acids is 1. The normalized spacial score (nSPS) is 11.9. The van der Waals surface area contributed by atoms with Crippen molar-refractivity contribution in [2.45, 2.75) is 76.9 Å². The maximum absolute atomic E-state index is 13.3. The van der Waals surface area contributed by atoms with Crippen LogP contribution in [-0.4, -0.2) is 189 Å². The molecular weight excluding hydrogens is 1040 g/mol. The Hall–Kier alpha value is -7.13. The van der Waals surface area contributed by atoms with E-state index in [2.05, 4.69) is 31.6 Å². The Morgan fingerprint density at radius 1 is 0.590 bits per heavy atom. The Kier molecular flexibility index (Phi) is 32.8. The zero-order valence-corrected chi connectivity index (χ0v) is 43.6. The molecule has 0 radical (unpaired) electrons. The predicted octanol–water partition coefficient (Wildman–Crippen LogP) is 3.54. The number of nitro groups is 4. The molecular formula is C47H71N11O20. The van der Waals surface area contributed by atoms with Crippen molar-refractivity contribution in [2.24, 2.45) is 0 Å². The van der Waals surface area contributed by atoms with Crippen LogP contribution in [0.25, 0.3) is 0 Å². The molecule has 1 aromatic heterocycles. The van der Waals surface area contributed by atoms with Crippen LogP contribution in [0, 0.1) is 40.5 Å². The Bertz CT molecular complexity index is 2290. The van der Waals surface area contributed by atoms with E-state index in [0.29, 0.717) is 137 Å². The number of rotatable bonds is 47. The second-order valence-corrected chi connectivity index (χ2v) is 16.8. The van der Waals surface area contributed by atoms with Crippen LogP contribution in [0.15, 0.2) is 42.6 Å². The number of non-ortho nitro benzene ring substituents is 2. The Morgan fingerprint density at radius 3 is 1.62 bits per heavy atom. The molecule has 0 bridgehead atoms. The summed E-state index contributed by atoms with van der Waals surface area (Å²) in [4.78, 5) is 79.0. The summed E-state index contributed by atoms with van der Waals surface area (Å²) in [6, 6.07) is 3.96. The third-order valence-corrected chi connectivity index (χ3v) is 11.0. The predicted molar refractivity (Wildman–Crippen MR) is 275 cm³/mol. The van der Waals surface area contributed by atoms with Gasteiger partial charge in [0.05, 0.1) is 150 Å². The highest BCUT2D eigenvalue weighted by Crippen LogP contribution is 2.30. The fourth-order valence-corrected chi connectivity index (χ4v) is 7.04. The van der Waals surface area contributed by atoms with E-state index in [-0.39, 0.29) is 57.1 Å². The first kappa shape index (κ1) is 65.2.